The molecule has 0 bridgehead atoms. The Kier molecular flexibility index (Phi) is 5.45. The number of hydrogen-bond acceptors (Lipinski definition) is 8. The van der Waals surface area contributed by atoms with Gasteiger partial charge < -0.3 is 20.5 Å². The molecule has 0 aliphatic rings. The Labute approximate surface area is 133 Å². The van der Waals surface area contributed by atoms with E-state index < -0.39 is 5.97 Å². The number of methoxy groups -OCH3 is 1. The van der Waals surface area contributed by atoms with Crippen LogP contribution < -0.4 is 15.8 Å². The van der Waals surface area contributed by atoms with Crippen LogP contribution in [0, 0.1) is 0 Å². The van der Waals surface area contributed by atoms with Gasteiger partial charge in [-0.2, -0.15) is 15.0 Å². The lowest BCUT2D eigenvalue weighted by molar-refractivity contribution is -0.139. The smallest absolute Gasteiger partial charge is 0.330 e. The Balaban J connectivity index is 2.15. The second-order valence-electron chi connectivity index (χ2n) is 4.37. The maximum atomic E-state index is 11.3. The molecule has 0 atom stereocenters. The number of rotatable bonds is 6. The Hall–Kier alpha value is -3.16. The lowest BCUT2D eigenvalue weighted by Crippen LogP contribution is -2.10. The molecule has 8 nitrogen and oxygen atoms in total. The summed E-state index contributed by atoms with van der Waals surface area (Å²) in [5, 5.41) is 3.00. The van der Waals surface area contributed by atoms with E-state index in [9.17, 15) is 4.79 Å². The molecule has 1 aromatic carbocycles. The minimum Gasteiger partial charge on any atom is -0.495 e. The first kappa shape index (κ1) is 16.2. The molecule has 2 rings (SSSR count). The predicted molar refractivity (Wildman–Crippen MR) is 85.1 cm³/mol. The molecule has 0 spiro atoms. The molecule has 1 heterocycles. The minimum absolute atomic E-state index is 0.0227. The van der Waals surface area contributed by atoms with Crippen molar-refractivity contribution in [3.63, 3.8) is 0 Å². The SMILES string of the molecule is C/C=C/C(=O)OCc1nc(N)nc(Nc2ccccc2OC)n1. The highest BCUT2D eigenvalue weighted by Gasteiger charge is 2.09. The third-order valence-corrected chi connectivity index (χ3v) is 2.70. The molecule has 120 valence electrons. The number of para-hydroxylation sites is 2. The number of aromatic nitrogens is 3. The van der Waals surface area contributed by atoms with Crippen LogP contribution in [0.5, 0.6) is 5.75 Å². The molecular formula is C15H17N5O3. The Bertz CT molecular complexity index is 718. The summed E-state index contributed by atoms with van der Waals surface area (Å²) in [7, 11) is 1.56. The first-order valence-electron chi connectivity index (χ1n) is 6.82. The van der Waals surface area contributed by atoms with Gasteiger partial charge in [-0.05, 0) is 19.1 Å². The Morgan fingerprint density at radius 2 is 2.09 bits per heavy atom. The molecule has 1 aromatic heterocycles. The molecule has 0 saturated heterocycles. The molecule has 0 radical (unpaired) electrons. The monoisotopic (exact) mass is 315 g/mol. The summed E-state index contributed by atoms with van der Waals surface area (Å²) in [6, 6.07) is 7.30. The van der Waals surface area contributed by atoms with Crippen molar-refractivity contribution in [2.75, 3.05) is 18.2 Å². The van der Waals surface area contributed by atoms with Gasteiger partial charge in [0.2, 0.25) is 11.9 Å². The van der Waals surface area contributed by atoms with Gasteiger partial charge in [-0.15, -0.1) is 0 Å². The average Bonchev–Trinajstić information content (AvgIpc) is 2.53. The van der Waals surface area contributed by atoms with Gasteiger partial charge >= 0.3 is 5.97 Å². The summed E-state index contributed by atoms with van der Waals surface area (Å²) in [5.41, 5.74) is 6.34. The number of allylic oxidation sites excluding steroid dienone is 1. The maximum absolute atomic E-state index is 11.3. The van der Waals surface area contributed by atoms with E-state index in [4.69, 9.17) is 15.2 Å². The first-order chi connectivity index (χ1) is 11.1. The summed E-state index contributed by atoms with van der Waals surface area (Å²) in [6.07, 6.45) is 2.89. The van der Waals surface area contributed by atoms with Gasteiger partial charge in [-0.25, -0.2) is 4.79 Å². The number of nitrogens with two attached hydrogens (primary N) is 1. The number of anilines is 3. The van der Waals surface area contributed by atoms with E-state index >= 15 is 0 Å². The van der Waals surface area contributed by atoms with Crippen molar-refractivity contribution in [1.29, 1.82) is 0 Å². The summed E-state index contributed by atoms with van der Waals surface area (Å²) in [5.74, 6) is 0.652. The van der Waals surface area contributed by atoms with Gasteiger partial charge in [0, 0.05) is 6.08 Å². The molecule has 0 unspecified atom stereocenters. The normalized spacial score (nSPS) is 10.5. The van der Waals surface area contributed by atoms with Gasteiger partial charge in [0.15, 0.2) is 12.4 Å². The molecule has 2 aromatic rings. The molecular weight excluding hydrogens is 298 g/mol. The zero-order valence-corrected chi connectivity index (χ0v) is 12.8. The van der Waals surface area contributed by atoms with Crippen molar-refractivity contribution in [1.82, 2.24) is 15.0 Å². The molecule has 8 heteroatoms. The lowest BCUT2D eigenvalue weighted by atomic mass is 10.3. The highest BCUT2D eigenvalue weighted by atomic mass is 16.5. The van der Waals surface area contributed by atoms with E-state index in [2.05, 4.69) is 20.3 Å². The molecule has 23 heavy (non-hydrogen) atoms. The number of benzene rings is 1. The Morgan fingerprint density at radius 1 is 1.30 bits per heavy atom. The third kappa shape index (κ3) is 4.67. The fourth-order valence-electron chi connectivity index (χ4n) is 1.75. The minimum atomic E-state index is -0.481. The van der Waals surface area contributed by atoms with Crippen LogP contribution in [-0.4, -0.2) is 28.0 Å². The van der Waals surface area contributed by atoms with E-state index in [1.165, 1.54) is 6.08 Å². The molecule has 3 N–H and O–H groups in total. The largest absolute Gasteiger partial charge is 0.495 e. The molecule has 0 amide bonds. The number of ether oxygens (including phenoxy) is 2. The lowest BCUT2D eigenvalue weighted by Gasteiger charge is -2.10. The number of nitrogens with one attached hydrogen (secondary N) is 1. The number of hydrogen-bond donors (Lipinski definition) is 2. The summed E-state index contributed by atoms with van der Waals surface area (Å²) in [6.45, 7) is 1.62. The van der Waals surface area contributed by atoms with Gasteiger partial charge in [0.1, 0.15) is 5.75 Å². The fraction of sp³-hybridized carbons (Fsp3) is 0.200. The summed E-state index contributed by atoms with van der Waals surface area (Å²) >= 11 is 0. The number of carbonyl (C=O) groups is 1. The van der Waals surface area contributed by atoms with Crippen molar-refractivity contribution in [3.8, 4) is 5.75 Å². The molecule has 0 aliphatic carbocycles. The highest BCUT2D eigenvalue weighted by Crippen LogP contribution is 2.25. The Morgan fingerprint density at radius 3 is 2.83 bits per heavy atom. The first-order valence-corrected chi connectivity index (χ1v) is 6.82. The van der Waals surface area contributed by atoms with Crippen molar-refractivity contribution >= 4 is 23.6 Å². The molecule has 0 fully saturated rings. The number of carbonyl (C=O) groups excluding carboxylic acids is 1. The number of nitrogens with zero attached hydrogens (tertiary/aromatic N) is 3. The van der Waals surface area contributed by atoms with Crippen LogP contribution in [0.1, 0.15) is 12.7 Å². The standard InChI is InChI=1S/C15H17N5O3/c1-3-6-13(21)23-9-12-18-14(16)20-15(19-12)17-10-7-4-5-8-11(10)22-2/h3-8H,9H2,1-2H3,(H3,16,17,18,19,20)/b6-3+. The van der Waals surface area contributed by atoms with E-state index in [0.717, 1.165) is 0 Å². The second kappa shape index (κ2) is 7.74. The van der Waals surface area contributed by atoms with E-state index in [-0.39, 0.29) is 24.3 Å². The highest BCUT2D eigenvalue weighted by molar-refractivity contribution is 5.81. The van der Waals surface area contributed by atoms with Gasteiger partial charge in [-0.1, -0.05) is 18.2 Å². The van der Waals surface area contributed by atoms with E-state index in [1.54, 1.807) is 26.2 Å². The van der Waals surface area contributed by atoms with Crippen LogP contribution in [-0.2, 0) is 16.1 Å². The van der Waals surface area contributed by atoms with Crippen molar-refractivity contribution < 1.29 is 14.3 Å². The van der Waals surface area contributed by atoms with Crippen LogP contribution in [0.25, 0.3) is 0 Å². The van der Waals surface area contributed by atoms with Crippen LogP contribution in [0.15, 0.2) is 36.4 Å². The second-order valence-corrected chi connectivity index (χ2v) is 4.37. The molecule has 0 aliphatic heterocycles. The summed E-state index contributed by atoms with van der Waals surface area (Å²) in [4.78, 5) is 23.4. The van der Waals surface area contributed by atoms with Gasteiger partial charge in [0.05, 0.1) is 12.8 Å². The third-order valence-electron chi connectivity index (χ3n) is 2.70. The van der Waals surface area contributed by atoms with Crippen LogP contribution in [0.4, 0.5) is 17.6 Å². The number of esters is 1. The van der Waals surface area contributed by atoms with Crippen molar-refractivity contribution in [2.45, 2.75) is 13.5 Å². The van der Waals surface area contributed by atoms with Gasteiger partial charge in [0.25, 0.3) is 0 Å². The fourth-order valence-corrected chi connectivity index (χ4v) is 1.75. The van der Waals surface area contributed by atoms with Gasteiger partial charge in [-0.3, -0.25) is 0 Å². The number of nitrogen functional groups attached to an aromatic ring is 1. The van der Waals surface area contributed by atoms with Crippen molar-refractivity contribution in [3.05, 3.63) is 42.2 Å². The zero-order chi connectivity index (χ0) is 16.7. The topological polar surface area (TPSA) is 112 Å². The average molecular weight is 315 g/mol. The molecule has 0 saturated carbocycles. The summed E-state index contributed by atoms with van der Waals surface area (Å²) < 4.78 is 10.2. The van der Waals surface area contributed by atoms with Crippen molar-refractivity contribution in [2.24, 2.45) is 0 Å². The van der Waals surface area contributed by atoms with Crippen LogP contribution in [0.2, 0.25) is 0 Å². The maximum Gasteiger partial charge on any atom is 0.330 e. The predicted octanol–water partition coefficient (Wildman–Crippen LogP) is 1.83. The van der Waals surface area contributed by atoms with E-state index in [0.29, 0.717) is 11.4 Å². The van der Waals surface area contributed by atoms with Crippen LogP contribution >= 0.6 is 0 Å². The van der Waals surface area contributed by atoms with E-state index in [1.807, 2.05) is 18.2 Å². The van der Waals surface area contributed by atoms with Crippen LogP contribution in [0.3, 0.4) is 0 Å². The zero-order valence-electron chi connectivity index (χ0n) is 12.8. The quantitative estimate of drug-likeness (QED) is 0.613.